The normalized spacial score (nSPS) is 12.1. The molecule has 0 radical (unpaired) electrons. The molecule has 0 saturated heterocycles. The Bertz CT molecular complexity index is 558. The highest BCUT2D eigenvalue weighted by Crippen LogP contribution is 2.27. The molecule has 96 valence electrons. The van der Waals surface area contributed by atoms with Crippen LogP contribution in [0.1, 0.15) is 31.0 Å². The monoisotopic (exact) mass is 269 g/mol. The van der Waals surface area contributed by atoms with Crippen LogP contribution in [0.15, 0.2) is 47.8 Å². The summed E-state index contributed by atoms with van der Waals surface area (Å²) in [5.74, 6) is -0.355. The quantitative estimate of drug-likeness (QED) is 0.795. The van der Waals surface area contributed by atoms with E-state index < -0.39 is 0 Å². The molecule has 1 unspecified atom stereocenters. The third-order valence-corrected chi connectivity index (χ3v) is 3.61. The molecule has 1 aromatic heterocycles. The zero-order valence-corrected chi connectivity index (χ0v) is 11.8. The molecule has 0 aliphatic rings. The second kappa shape index (κ2) is 6.35. The Kier molecular flexibility index (Phi) is 4.53. The number of nitrogens with zero attached hydrogens (tertiary/aromatic N) is 3. The van der Waals surface area contributed by atoms with E-state index in [1.54, 1.807) is 18.6 Å². The Labute approximate surface area is 117 Å². The van der Waals surface area contributed by atoms with E-state index in [9.17, 15) is 5.26 Å². The Balaban J connectivity index is 2.23. The first-order valence-corrected chi connectivity index (χ1v) is 7.01. The smallest absolute Gasteiger partial charge is 0.115 e. The molecule has 3 nitrogen and oxygen atoms in total. The van der Waals surface area contributed by atoms with Crippen molar-refractivity contribution < 1.29 is 0 Å². The van der Waals surface area contributed by atoms with Crippen molar-refractivity contribution in [3.8, 4) is 6.07 Å². The fourth-order valence-electron chi connectivity index (χ4n) is 1.78. The molecule has 0 aliphatic heterocycles. The standard InChI is InChI=1S/C15H15N3S/c1-11(2)19-13-5-3-12(4-6-13)14(9-16)15-10-17-7-8-18-15/h3-8,10-11,14H,1-2H3. The fraction of sp³-hybridized carbons (Fsp3) is 0.267. The van der Waals surface area contributed by atoms with Crippen molar-refractivity contribution in [2.75, 3.05) is 0 Å². The highest BCUT2D eigenvalue weighted by molar-refractivity contribution is 7.99. The van der Waals surface area contributed by atoms with Gasteiger partial charge in [0, 0.05) is 22.5 Å². The van der Waals surface area contributed by atoms with Gasteiger partial charge < -0.3 is 0 Å². The van der Waals surface area contributed by atoms with Crippen molar-refractivity contribution in [3.05, 3.63) is 54.1 Å². The van der Waals surface area contributed by atoms with Crippen LogP contribution in [0, 0.1) is 11.3 Å². The van der Waals surface area contributed by atoms with E-state index >= 15 is 0 Å². The number of aromatic nitrogens is 2. The Morgan fingerprint density at radius 1 is 1.16 bits per heavy atom. The third-order valence-electron chi connectivity index (χ3n) is 2.59. The number of thioether (sulfide) groups is 1. The van der Waals surface area contributed by atoms with E-state index in [1.165, 1.54) is 4.90 Å². The SMILES string of the molecule is CC(C)Sc1ccc(C(C#N)c2cnccn2)cc1. The van der Waals surface area contributed by atoms with Gasteiger partial charge in [-0.05, 0) is 17.7 Å². The number of hydrogen-bond donors (Lipinski definition) is 0. The average molecular weight is 269 g/mol. The van der Waals surface area contributed by atoms with Crippen molar-refractivity contribution in [2.24, 2.45) is 0 Å². The molecular weight excluding hydrogens is 254 g/mol. The fourth-order valence-corrected chi connectivity index (χ4v) is 2.62. The van der Waals surface area contributed by atoms with Crippen LogP contribution in [0.4, 0.5) is 0 Å². The van der Waals surface area contributed by atoms with Gasteiger partial charge in [0.05, 0.1) is 18.0 Å². The van der Waals surface area contributed by atoms with Gasteiger partial charge >= 0.3 is 0 Å². The van der Waals surface area contributed by atoms with Crippen molar-refractivity contribution >= 4 is 11.8 Å². The van der Waals surface area contributed by atoms with Gasteiger partial charge in [-0.1, -0.05) is 26.0 Å². The van der Waals surface area contributed by atoms with Gasteiger partial charge in [-0.3, -0.25) is 9.97 Å². The highest BCUT2D eigenvalue weighted by Gasteiger charge is 2.14. The lowest BCUT2D eigenvalue weighted by Crippen LogP contribution is -2.01. The summed E-state index contributed by atoms with van der Waals surface area (Å²) in [7, 11) is 0. The Hall–Kier alpha value is -1.86. The molecule has 19 heavy (non-hydrogen) atoms. The van der Waals surface area contributed by atoms with Crippen LogP contribution in [0.5, 0.6) is 0 Å². The minimum Gasteiger partial charge on any atom is -0.261 e. The molecule has 0 aliphatic carbocycles. The predicted octanol–water partition coefficient (Wildman–Crippen LogP) is 3.63. The van der Waals surface area contributed by atoms with Crippen LogP contribution in [0.3, 0.4) is 0 Å². The van der Waals surface area contributed by atoms with Gasteiger partial charge in [-0.25, -0.2) is 0 Å². The number of hydrogen-bond acceptors (Lipinski definition) is 4. The topological polar surface area (TPSA) is 49.6 Å². The molecule has 0 N–H and O–H groups in total. The summed E-state index contributed by atoms with van der Waals surface area (Å²) in [4.78, 5) is 9.44. The first kappa shape index (κ1) is 13.6. The summed E-state index contributed by atoms with van der Waals surface area (Å²) in [6, 6.07) is 10.4. The summed E-state index contributed by atoms with van der Waals surface area (Å²) in [5.41, 5.74) is 1.64. The summed E-state index contributed by atoms with van der Waals surface area (Å²) < 4.78 is 0. The van der Waals surface area contributed by atoms with E-state index in [-0.39, 0.29) is 5.92 Å². The minimum atomic E-state index is -0.355. The maximum atomic E-state index is 9.32. The van der Waals surface area contributed by atoms with Crippen molar-refractivity contribution in [1.82, 2.24) is 9.97 Å². The van der Waals surface area contributed by atoms with Gasteiger partial charge in [-0.2, -0.15) is 5.26 Å². The largest absolute Gasteiger partial charge is 0.261 e. The van der Waals surface area contributed by atoms with E-state index in [4.69, 9.17) is 0 Å². The minimum absolute atomic E-state index is 0.355. The molecule has 0 saturated carbocycles. The molecule has 0 spiro atoms. The molecule has 1 aromatic carbocycles. The number of rotatable bonds is 4. The van der Waals surface area contributed by atoms with Gasteiger partial charge in [0.1, 0.15) is 5.92 Å². The summed E-state index contributed by atoms with van der Waals surface area (Å²) in [6.45, 7) is 4.33. The Morgan fingerprint density at radius 2 is 1.89 bits per heavy atom. The molecule has 4 heteroatoms. The first-order valence-electron chi connectivity index (χ1n) is 6.13. The van der Waals surface area contributed by atoms with Crippen LogP contribution in [-0.2, 0) is 0 Å². The van der Waals surface area contributed by atoms with Gasteiger partial charge in [0.2, 0.25) is 0 Å². The van der Waals surface area contributed by atoms with Crippen molar-refractivity contribution in [1.29, 1.82) is 5.26 Å². The third kappa shape index (κ3) is 3.55. The van der Waals surface area contributed by atoms with E-state index in [0.29, 0.717) is 10.9 Å². The summed E-state index contributed by atoms with van der Waals surface area (Å²) in [6.07, 6.45) is 4.87. The van der Waals surface area contributed by atoms with E-state index in [2.05, 4.69) is 42.0 Å². The molecule has 1 atom stereocenters. The zero-order valence-electron chi connectivity index (χ0n) is 10.9. The Morgan fingerprint density at radius 3 is 2.42 bits per heavy atom. The maximum absolute atomic E-state index is 9.32. The van der Waals surface area contributed by atoms with Gasteiger partial charge in [-0.15, -0.1) is 11.8 Å². The summed E-state index contributed by atoms with van der Waals surface area (Å²) >= 11 is 1.81. The molecule has 1 heterocycles. The lowest BCUT2D eigenvalue weighted by atomic mass is 9.98. The van der Waals surface area contributed by atoms with Crippen LogP contribution >= 0.6 is 11.8 Å². The van der Waals surface area contributed by atoms with Crippen LogP contribution in [0.25, 0.3) is 0 Å². The van der Waals surface area contributed by atoms with Crippen molar-refractivity contribution in [2.45, 2.75) is 29.9 Å². The summed E-state index contributed by atoms with van der Waals surface area (Å²) in [5, 5.41) is 9.88. The number of nitriles is 1. The van der Waals surface area contributed by atoms with Crippen LogP contribution in [0.2, 0.25) is 0 Å². The maximum Gasteiger partial charge on any atom is 0.115 e. The highest BCUT2D eigenvalue weighted by atomic mass is 32.2. The average Bonchev–Trinajstić information content (AvgIpc) is 2.42. The van der Waals surface area contributed by atoms with Gasteiger partial charge in [0.25, 0.3) is 0 Å². The molecular formula is C15H15N3S. The van der Waals surface area contributed by atoms with Crippen LogP contribution < -0.4 is 0 Å². The molecule has 0 amide bonds. The first-order chi connectivity index (χ1) is 9.20. The predicted molar refractivity (Wildman–Crippen MR) is 76.9 cm³/mol. The lowest BCUT2D eigenvalue weighted by Gasteiger charge is -2.10. The van der Waals surface area contributed by atoms with E-state index in [1.807, 2.05) is 23.9 Å². The second-order valence-corrected chi connectivity index (χ2v) is 6.08. The van der Waals surface area contributed by atoms with Crippen LogP contribution in [-0.4, -0.2) is 15.2 Å². The van der Waals surface area contributed by atoms with Gasteiger partial charge in [0.15, 0.2) is 0 Å². The zero-order chi connectivity index (χ0) is 13.7. The lowest BCUT2D eigenvalue weighted by molar-refractivity contribution is 0.940. The molecule has 0 fully saturated rings. The molecule has 2 aromatic rings. The van der Waals surface area contributed by atoms with Crippen molar-refractivity contribution in [3.63, 3.8) is 0 Å². The number of benzene rings is 1. The van der Waals surface area contributed by atoms with E-state index in [0.717, 1.165) is 5.56 Å². The molecule has 0 bridgehead atoms. The molecule has 2 rings (SSSR count). The second-order valence-electron chi connectivity index (χ2n) is 4.43.